The van der Waals surface area contributed by atoms with Gasteiger partial charge in [0.25, 0.3) is 0 Å². The molecule has 2 aliphatic rings. The van der Waals surface area contributed by atoms with Gasteiger partial charge in [0.2, 0.25) is 0 Å². The van der Waals surface area contributed by atoms with Gasteiger partial charge < -0.3 is 9.47 Å². The fraction of sp³-hybridized carbons (Fsp3) is 0.636. The van der Waals surface area contributed by atoms with Gasteiger partial charge in [0.15, 0.2) is 0 Å². The Morgan fingerprint density at radius 1 is 1.19 bits per heavy atom. The maximum atomic E-state index is 13.1. The van der Waals surface area contributed by atoms with Gasteiger partial charge in [-0.3, -0.25) is 9.59 Å². The first-order valence-electron chi connectivity index (χ1n) is 9.48. The topological polar surface area (TPSA) is 52.6 Å². The van der Waals surface area contributed by atoms with Crippen LogP contribution in [0.5, 0.6) is 5.75 Å². The molecule has 0 aromatic heterocycles. The van der Waals surface area contributed by atoms with Gasteiger partial charge in [0.1, 0.15) is 16.9 Å². The third-order valence-electron chi connectivity index (χ3n) is 6.48. The van der Waals surface area contributed by atoms with E-state index in [1.165, 1.54) is 7.11 Å². The van der Waals surface area contributed by atoms with Crippen LogP contribution in [-0.2, 0) is 26.2 Å². The van der Waals surface area contributed by atoms with Crippen molar-refractivity contribution in [1.29, 1.82) is 0 Å². The van der Waals surface area contributed by atoms with Gasteiger partial charge >= 0.3 is 5.97 Å². The number of Topliss-reactive ketones (excluding diaryl/α,β-unsaturated/α-hetero) is 1. The van der Waals surface area contributed by atoms with Crippen LogP contribution < -0.4 is 4.74 Å². The summed E-state index contributed by atoms with van der Waals surface area (Å²) in [6, 6.07) is 4.17. The molecule has 1 saturated carbocycles. The minimum Gasteiger partial charge on any atom is -0.496 e. The molecule has 3 rings (SSSR count). The highest BCUT2D eigenvalue weighted by Gasteiger charge is 2.60. The first kappa shape index (κ1) is 18.9. The first-order chi connectivity index (χ1) is 12.2. The maximum Gasteiger partial charge on any atom is 0.317 e. The fourth-order valence-electron chi connectivity index (χ4n) is 5.42. The summed E-state index contributed by atoms with van der Waals surface area (Å²) in [5, 5.41) is 0. The van der Waals surface area contributed by atoms with Crippen LogP contribution in [0.1, 0.15) is 69.6 Å². The van der Waals surface area contributed by atoms with Gasteiger partial charge in [-0.05, 0) is 52.8 Å². The molecule has 4 nitrogen and oxygen atoms in total. The third-order valence-corrected chi connectivity index (χ3v) is 6.48. The first-order valence-corrected chi connectivity index (χ1v) is 9.48. The minimum absolute atomic E-state index is 0.0854. The van der Waals surface area contributed by atoms with Crippen molar-refractivity contribution in [2.75, 3.05) is 14.2 Å². The quantitative estimate of drug-likeness (QED) is 0.761. The molecule has 0 amide bonds. The van der Waals surface area contributed by atoms with Crippen molar-refractivity contribution in [1.82, 2.24) is 0 Å². The molecule has 0 saturated heterocycles. The largest absolute Gasteiger partial charge is 0.496 e. The van der Waals surface area contributed by atoms with E-state index >= 15 is 0 Å². The maximum absolute atomic E-state index is 13.1. The predicted octanol–water partition coefficient (Wildman–Crippen LogP) is 4.18. The fourth-order valence-corrected chi connectivity index (χ4v) is 5.42. The lowest BCUT2D eigenvalue weighted by atomic mass is 9.49. The number of ketones is 1. The van der Waals surface area contributed by atoms with Crippen molar-refractivity contribution >= 4 is 11.8 Å². The molecule has 4 heteroatoms. The molecule has 0 aliphatic heterocycles. The van der Waals surface area contributed by atoms with Gasteiger partial charge in [-0.2, -0.15) is 0 Å². The Hall–Kier alpha value is -1.84. The van der Waals surface area contributed by atoms with Crippen LogP contribution in [0.2, 0.25) is 0 Å². The van der Waals surface area contributed by atoms with Crippen molar-refractivity contribution < 1.29 is 19.1 Å². The van der Waals surface area contributed by atoms with E-state index in [-0.39, 0.29) is 29.5 Å². The zero-order valence-electron chi connectivity index (χ0n) is 16.8. The highest BCUT2D eigenvalue weighted by molar-refractivity contribution is 5.94. The normalized spacial score (nSPS) is 26.9. The Morgan fingerprint density at radius 2 is 1.88 bits per heavy atom. The number of carbonyl (C=O) groups excluding carboxylic acids is 2. The Balaban J connectivity index is 2.29. The lowest BCUT2D eigenvalue weighted by Gasteiger charge is -2.53. The standard InChI is InChI=1S/C22H30O4/c1-13(2)16-9-14-7-8-19-21(3,4)11-15(23)12-22(19,20(24)26-6)17(14)10-18(16)25-5/h9-10,13,19H,7-8,11-12H2,1-6H3/t19-,22-/m1/s1. The molecule has 0 unspecified atom stereocenters. The Kier molecular flexibility index (Phi) is 4.66. The Labute approximate surface area is 156 Å². The summed E-state index contributed by atoms with van der Waals surface area (Å²) in [5.74, 6) is 1.05. The van der Waals surface area contributed by atoms with Crippen molar-refractivity contribution in [3.8, 4) is 5.75 Å². The molecular weight excluding hydrogens is 328 g/mol. The summed E-state index contributed by atoms with van der Waals surface area (Å²) in [5.41, 5.74) is 2.10. The molecular formula is C22H30O4. The van der Waals surface area contributed by atoms with E-state index in [1.54, 1.807) is 7.11 Å². The second-order valence-corrected chi connectivity index (χ2v) is 8.84. The summed E-state index contributed by atoms with van der Waals surface area (Å²) in [4.78, 5) is 25.8. The lowest BCUT2D eigenvalue weighted by molar-refractivity contribution is -0.160. The van der Waals surface area contributed by atoms with Crippen LogP contribution in [0, 0.1) is 11.3 Å². The van der Waals surface area contributed by atoms with Gasteiger partial charge in [0.05, 0.1) is 14.2 Å². The molecule has 0 N–H and O–H groups in total. The molecule has 26 heavy (non-hydrogen) atoms. The van der Waals surface area contributed by atoms with Crippen LogP contribution in [0.3, 0.4) is 0 Å². The number of hydrogen-bond donors (Lipinski definition) is 0. The number of hydrogen-bond acceptors (Lipinski definition) is 4. The van der Waals surface area contributed by atoms with Crippen LogP contribution in [0.25, 0.3) is 0 Å². The van der Waals surface area contributed by atoms with Crippen molar-refractivity contribution in [3.05, 3.63) is 28.8 Å². The highest BCUT2D eigenvalue weighted by atomic mass is 16.5. The number of esters is 1. The van der Waals surface area contributed by atoms with E-state index < -0.39 is 5.41 Å². The van der Waals surface area contributed by atoms with Crippen molar-refractivity contribution in [2.24, 2.45) is 11.3 Å². The van der Waals surface area contributed by atoms with E-state index in [0.29, 0.717) is 12.3 Å². The average molecular weight is 358 g/mol. The van der Waals surface area contributed by atoms with Crippen LogP contribution in [-0.4, -0.2) is 26.0 Å². The van der Waals surface area contributed by atoms with Crippen LogP contribution in [0.4, 0.5) is 0 Å². The zero-order chi connectivity index (χ0) is 19.3. The van der Waals surface area contributed by atoms with Crippen LogP contribution >= 0.6 is 0 Å². The second-order valence-electron chi connectivity index (χ2n) is 8.84. The predicted molar refractivity (Wildman–Crippen MR) is 101 cm³/mol. The molecule has 1 aromatic rings. The minimum atomic E-state index is -0.899. The average Bonchev–Trinajstić information content (AvgIpc) is 2.58. The molecule has 142 valence electrons. The van der Waals surface area contributed by atoms with E-state index in [2.05, 4.69) is 33.8 Å². The van der Waals surface area contributed by atoms with E-state index in [9.17, 15) is 9.59 Å². The van der Waals surface area contributed by atoms with Gasteiger partial charge in [-0.1, -0.05) is 33.8 Å². The molecule has 1 aromatic carbocycles. The SMILES string of the molecule is COC(=O)[C@@]12CC(=O)CC(C)(C)[C@H]1CCc1cc(C(C)C)c(OC)cc12. The number of aryl methyl sites for hydroxylation is 1. The van der Waals surface area contributed by atoms with E-state index in [4.69, 9.17) is 9.47 Å². The molecule has 1 fully saturated rings. The summed E-state index contributed by atoms with van der Waals surface area (Å²) in [7, 11) is 3.09. The second kappa shape index (κ2) is 6.40. The highest BCUT2D eigenvalue weighted by Crippen LogP contribution is 2.57. The number of rotatable bonds is 3. The molecule has 2 aliphatic carbocycles. The Bertz CT molecular complexity index is 747. The van der Waals surface area contributed by atoms with Gasteiger partial charge in [-0.15, -0.1) is 0 Å². The molecule has 0 heterocycles. The molecule has 2 atom stereocenters. The Morgan fingerprint density at radius 3 is 2.46 bits per heavy atom. The number of methoxy groups -OCH3 is 2. The summed E-state index contributed by atoms with van der Waals surface area (Å²) in [6.07, 6.45) is 2.56. The zero-order valence-corrected chi connectivity index (χ0v) is 16.8. The van der Waals surface area contributed by atoms with Gasteiger partial charge in [-0.25, -0.2) is 0 Å². The molecule has 0 bridgehead atoms. The van der Waals surface area contributed by atoms with Gasteiger partial charge in [0, 0.05) is 12.8 Å². The molecule has 0 radical (unpaired) electrons. The summed E-state index contributed by atoms with van der Waals surface area (Å²) in [6.45, 7) is 8.49. The van der Waals surface area contributed by atoms with E-state index in [1.807, 2.05) is 6.07 Å². The lowest BCUT2D eigenvalue weighted by Crippen LogP contribution is -2.57. The molecule has 0 spiro atoms. The van der Waals surface area contributed by atoms with Crippen molar-refractivity contribution in [3.63, 3.8) is 0 Å². The number of fused-ring (bicyclic) bond motifs is 3. The number of carbonyl (C=O) groups is 2. The van der Waals surface area contributed by atoms with E-state index in [0.717, 1.165) is 35.3 Å². The smallest absolute Gasteiger partial charge is 0.317 e. The van der Waals surface area contributed by atoms with Crippen LogP contribution in [0.15, 0.2) is 12.1 Å². The monoisotopic (exact) mass is 358 g/mol. The summed E-state index contributed by atoms with van der Waals surface area (Å²) < 4.78 is 10.9. The number of ether oxygens (including phenoxy) is 2. The summed E-state index contributed by atoms with van der Waals surface area (Å²) >= 11 is 0. The third kappa shape index (κ3) is 2.65. The number of benzene rings is 1. The van der Waals surface area contributed by atoms with Crippen molar-refractivity contribution in [2.45, 2.75) is 64.7 Å².